The molecule has 0 heterocycles. The van der Waals surface area contributed by atoms with Crippen LogP contribution in [0.2, 0.25) is 0 Å². The Kier molecular flexibility index (Phi) is 3.27. The fourth-order valence-corrected chi connectivity index (χ4v) is 2.53. The van der Waals surface area contributed by atoms with Crippen molar-refractivity contribution in [2.24, 2.45) is 11.7 Å². The molecule has 2 rings (SSSR count). The summed E-state index contributed by atoms with van der Waals surface area (Å²) in [4.78, 5) is 0. The van der Waals surface area contributed by atoms with E-state index in [2.05, 4.69) is 6.07 Å². The summed E-state index contributed by atoms with van der Waals surface area (Å²) >= 11 is 0. The van der Waals surface area contributed by atoms with Crippen LogP contribution in [0.1, 0.15) is 31.2 Å². The highest BCUT2D eigenvalue weighted by atomic mass is 16.3. The summed E-state index contributed by atoms with van der Waals surface area (Å²) in [7, 11) is 0. The zero-order chi connectivity index (χ0) is 10.7. The molecule has 15 heavy (non-hydrogen) atoms. The molecule has 0 saturated heterocycles. The van der Waals surface area contributed by atoms with E-state index in [-0.39, 0.29) is 0 Å². The third-order valence-corrected chi connectivity index (χ3v) is 3.26. The predicted molar refractivity (Wildman–Crippen MR) is 61.7 cm³/mol. The van der Waals surface area contributed by atoms with Crippen molar-refractivity contribution in [1.29, 1.82) is 0 Å². The molecular formula is C13H19NO. The minimum atomic E-state index is 0.368. The Hall–Kier alpha value is -1.02. The van der Waals surface area contributed by atoms with Crippen molar-refractivity contribution >= 4 is 0 Å². The molecule has 0 aromatic heterocycles. The highest BCUT2D eigenvalue weighted by Crippen LogP contribution is 2.27. The number of phenolic OH excluding ortho intramolecular Hbond substituents is 1. The Bertz CT molecular complexity index is 324. The molecule has 1 aliphatic rings. The molecule has 1 aromatic carbocycles. The van der Waals surface area contributed by atoms with Gasteiger partial charge in [0.05, 0.1) is 0 Å². The molecule has 2 nitrogen and oxygen atoms in total. The summed E-state index contributed by atoms with van der Waals surface area (Å²) in [5.41, 5.74) is 7.19. The third-order valence-electron chi connectivity index (χ3n) is 3.26. The number of aromatic hydroxyl groups is 1. The van der Waals surface area contributed by atoms with Gasteiger partial charge in [0.1, 0.15) is 5.75 Å². The van der Waals surface area contributed by atoms with Gasteiger partial charge in [-0.05, 0) is 42.9 Å². The van der Waals surface area contributed by atoms with E-state index < -0.39 is 0 Å². The summed E-state index contributed by atoms with van der Waals surface area (Å²) in [6.07, 6.45) is 5.91. The first kappa shape index (κ1) is 10.5. The molecule has 2 atom stereocenters. The number of hydrogen-bond acceptors (Lipinski definition) is 2. The fraction of sp³-hybridized carbons (Fsp3) is 0.538. The van der Waals surface area contributed by atoms with Crippen LogP contribution < -0.4 is 5.73 Å². The lowest BCUT2D eigenvalue weighted by molar-refractivity contribution is 0.320. The molecule has 1 fully saturated rings. The third kappa shape index (κ3) is 2.96. The van der Waals surface area contributed by atoms with Crippen molar-refractivity contribution in [1.82, 2.24) is 0 Å². The second kappa shape index (κ2) is 4.67. The molecule has 1 aliphatic carbocycles. The summed E-state index contributed by atoms with van der Waals surface area (Å²) in [6.45, 7) is 0. The van der Waals surface area contributed by atoms with Crippen molar-refractivity contribution in [3.63, 3.8) is 0 Å². The first-order valence-corrected chi connectivity index (χ1v) is 5.77. The largest absolute Gasteiger partial charge is 0.508 e. The standard InChI is InChI=1S/C13H19NO/c14-12-5-1-3-10(8-12)7-11-4-2-6-13(15)9-11/h2,4,6,9-10,12,15H,1,3,5,7-8,14H2. The summed E-state index contributed by atoms with van der Waals surface area (Å²) < 4.78 is 0. The van der Waals surface area contributed by atoms with Crippen LogP contribution in [0, 0.1) is 5.92 Å². The van der Waals surface area contributed by atoms with Crippen LogP contribution in [0.5, 0.6) is 5.75 Å². The molecule has 1 saturated carbocycles. The number of hydrogen-bond donors (Lipinski definition) is 2. The van der Waals surface area contributed by atoms with E-state index in [9.17, 15) is 5.11 Å². The second-order valence-corrected chi connectivity index (χ2v) is 4.67. The lowest BCUT2D eigenvalue weighted by Gasteiger charge is -2.26. The van der Waals surface area contributed by atoms with Gasteiger partial charge in [-0.2, -0.15) is 0 Å². The summed E-state index contributed by atoms with van der Waals surface area (Å²) in [6, 6.07) is 7.96. The average Bonchev–Trinajstić information content (AvgIpc) is 2.17. The number of rotatable bonds is 2. The lowest BCUT2D eigenvalue weighted by atomic mass is 9.82. The van der Waals surface area contributed by atoms with E-state index >= 15 is 0 Å². The molecule has 0 aliphatic heterocycles. The van der Waals surface area contributed by atoms with Crippen molar-refractivity contribution in [2.45, 2.75) is 38.1 Å². The SMILES string of the molecule is NC1CCCC(Cc2cccc(O)c2)C1. The van der Waals surface area contributed by atoms with Crippen molar-refractivity contribution in [2.75, 3.05) is 0 Å². The van der Waals surface area contributed by atoms with Gasteiger partial charge in [-0.15, -0.1) is 0 Å². The van der Waals surface area contributed by atoms with Crippen LogP contribution in [-0.2, 0) is 6.42 Å². The Labute approximate surface area is 91.1 Å². The van der Waals surface area contributed by atoms with E-state index in [1.165, 1.54) is 24.8 Å². The molecule has 0 bridgehead atoms. The van der Waals surface area contributed by atoms with Crippen LogP contribution in [0.15, 0.2) is 24.3 Å². The molecule has 0 amide bonds. The van der Waals surface area contributed by atoms with Crippen molar-refractivity contribution < 1.29 is 5.11 Å². The van der Waals surface area contributed by atoms with Crippen LogP contribution in [0.25, 0.3) is 0 Å². The molecular weight excluding hydrogens is 186 g/mol. The maximum absolute atomic E-state index is 9.37. The first-order chi connectivity index (χ1) is 7.24. The predicted octanol–water partition coefficient (Wildman–Crippen LogP) is 2.45. The van der Waals surface area contributed by atoms with Gasteiger partial charge in [0.15, 0.2) is 0 Å². The van der Waals surface area contributed by atoms with Gasteiger partial charge >= 0.3 is 0 Å². The molecule has 2 heteroatoms. The number of benzene rings is 1. The molecule has 1 aromatic rings. The Balaban J connectivity index is 1.96. The maximum Gasteiger partial charge on any atom is 0.115 e. The zero-order valence-electron chi connectivity index (χ0n) is 9.02. The molecule has 2 unspecified atom stereocenters. The van der Waals surface area contributed by atoms with E-state index in [1.807, 2.05) is 12.1 Å². The van der Waals surface area contributed by atoms with Crippen LogP contribution >= 0.6 is 0 Å². The molecule has 0 spiro atoms. The normalized spacial score (nSPS) is 26.5. The highest BCUT2D eigenvalue weighted by molar-refractivity contribution is 5.27. The lowest BCUT2D eigenvalue weighted by Crippen LogP contribution is -2.28. The van der Waals surface area contributed by atoms with Gasteiger partial charge in [-0.1, -0.05) is 25.0 Å². The highest BCUT2D eigenvalue weighted by Gasteiger charge is 2.19. The first-order valence-electron chi connectivity index (χ1n) is 5.77. The Morgan fingerprint density at radius 2 is 2.20 bits per heavy atom. The monoisotopic (exact) mass is 205 g/mol. The van der Waals surface area contributed by atoms with Gasteiger partial charge in [-0.25, -0.2) is 0 Å². The second-order valence-electron chi connectivity index (χ2n) is 4.67. The summed E-state index contributed by atoms with van der Waals surface area (Å²) in [5, 5.41) is 9.37. The fourth-order valence-electron chi connectivity index (χ4n) is 2.53. The van der Waals surface area contributed by atoms with Gasteiger partial charge in [0.25, 0.3) is 0 Å². The number of phenols is 1. The topological polar surface area (TPSA) is 46.2 Å². The molecule has 3 N–H and O–H groups in total. The molecule has 82 valence electrons. The van der Waals surface area contributed by atoms with E-state index in [1.54, 1.807) is 6.07 Å². The number of nitrogens with two attached hydrogens (primary N) is 1. The minimum absolute atomic E-state index is 0.368. The van der Waals surface area contributed by atoms with Crippen LogP contribution in [0.4, 0.5) is 0 Å². The van der Waals surface area contributed by atoms with Crippen LogP contribution in [-0.4, -0.2) is 11.1 Å². The quantitative estimate of drug-likeness (QED) is 0.779. The van der Waals surface area contributed by atoms with Gasteiger partial charge in [-0.3, -0.25) is 0 Å². The van der Waals surface area contributed by atoms with Gasteiger partial charge < -0.3 is 10.8 Å². The smallest absolute Gasteiger partial charge is 0.115 e. The maximum atomic E-state index is 9.37. The average molecular weight is 205 g/mol. The van der Waals surface area contributed by atoms with Crippen molar-refractivity contribution in [3.8, 4) is 5.75 Å². The van der Waals surface area contributed by atoms with Crippen molar-refractivity contribution in [3.05, 3.63) is 29.8 Å². The van der Waals surface area contributed by atoms with Gasteiger partial charge in [0, 0.05) is 6.04 Å². The minimum Gasteiger partial charge on any atom is -0.508 e. The Morgan fingerprint density at radius 1 is 1.33 bits per heavy atom. The summed E-state index contributed by atoms with van der Waals surface area (Å²) in [5.74, 6) is 1.07. The van der Waals surface area contributed by atoms with Gasteiger partial charge in [0.2, 0.25) is 0 Å². The Morgan fingerprint density at radius 3 is 2.93 bits per heavy atom. The zero-order valence-corrected chi connectivity index (χ0v) is 9.02. The van der Waals surface area contributed by atoms with E-state index in [0.717, 1.165) is 12.8 Å². The van der Waals surface area contributed by atoms with E-state index in [4.69, 9.17) is 5.73 Å². The molecule has 0 radical (unpaired) electrons. The van der Waals surface area contributed by atoms with Crippen LogP contribution in [0.3, 0.4) is 0 Å². The van der Waals surface area contributed by atoms with E-state index in [0.29, 0.717) is 17.7 Å².